The molecule has 0 spiro atoms. The monoisotopic (exact) mass is 487 g/mol. The highest BCUT2D eigenvalue weighted by atomic mass is 16.6. The topological polar surface area (TPSA) is 240 Å². The van der Waals surface area contributed by atoms with Crippen LogP contribution in [-0.2, 0) is 11.2 Å². The molecule has 0 fully saturated rings. The number of nitrogens with zero attached hydrogens (tertiary/aromatic N) is 6. The molecule has 17 heteroatoms. The third-order valence-electron chi connectivity index (χ3n) is 4.71. The molecule has 1 atom stereocenters. The second-order valence-electron chi connectivity index (χ2n) is 6.91. The van der Waals surface area contributed by atoms with E-state index in [1.807, 2.05) is 0 Å². The van der Waals surface area contributed by atoms with Gasteiger partial charge in [-0.15, -0.1) is 0 Å². The maximum absolute atomic E-state index is 11.8. The number of imidazole rings is 1. The fraction of sp³-hybridized carbons (Fsp3) is 0.111. The number of carboxylic acids is 1. The lowest BCUT2D eigenvalue weighted by atomic mass is 10.1. The van der Waals surface area contributed by atoms with Crippen molar-refractivity contribution in [2.24, 2.45) is 0 Å². The van der Waals surface area contributed by atoms with Crippen LogP contribution in [0.2, 0.25) is 0 Å². The zero-order chi connectivity index (χ0) is 25.9. The van der Waals surface area contributed by atoms with Crippen molar-refractivity contribution in [2.45, 2.75) is 12.5 Å². The fourth-order valence-electron chi connectivity index (χ4n) is 3.09. The van der Waals surface area contributed by atoms with Gasteiger partial charge in [0.2, 0.25) is 0 Å². The molecule has 17 nitrogen and oxygen atoms in total. The third-order valence-corrected chi connectivity index (χ3v) is 4.71. The van der Waals surface area contributed by atoms with Gasteiger partial charge in [0.25, 0.3) is 22.7 Å². The number of nitrogens with one attached hydrogen (secondary N) is 1. The van der Waals surface area contributed by atoms with Crippen molar-refractivity contribution in [3.63, 3.8) is 0 Å². The number of non-ortho nitro benzene ring substituents is 2. The summed E-state index contributed by atoms with van der Waals surface area (Å²) in [7, 11) is 0. The van der Waals surface area contributed by atoms with Gasteiger partial charge in [-0.2, -0.15) is 0 Å². The number of nitro groups is 4. The molecule has 0 aliphatic rings. The molecule has 0 bridgehead atoms. The van der Waals surface area contributed by atoms with Crippen LogP contribution in [0.5, 0.6) is 0 Å². The second kappa shape index (κ2) is 9.57. The summed E-state index contributed by atoms with van der Waals surface area (Å²) in [6.07, 6.45) is 2.06. The molecular weight excluding hydrogens is 474 g/mol. The second-order valence-corrected chi connectivity index (χ2v) is 6.91. The first kappa shape index (κ1) is 24.2. The molecule has 0 amide bonds. The Hall–Kier alpha value is -5.48. The van der Waals surface area contributed by atoms with Gasteiger partial charge >= 0.3 is 5.97 Å². The van der Waals surface area contributed by atoms with Crippen LogP contribution < -0.4 is 5.32 Å². The van der Waals surface area contributed by atoms with Gasteiger partial charge in [-0.1, -0.05) is 0 Å². The lowest BCUT2D eigenvalue weighted by molar-refractivity contribution is -0.394. The average Bonchev–Trinajstić information content (AvgIpc) is 3.26. The molecule has 0 aliphatic heterocycles. The Bertz CT molecular complexity index is 1370. The molecule has 3 rings (SSSR count). The van der Waals surface area contributed by atoms with Crippen LogP contribution in [-0.4, -0.2) is 46.4 Å². The summed E-state index contributed by atoms with van der Waals surface area (Å²) in [5.74, 6) is -1.42. The van der Waals surface area contributed by atoms with Crippen molar-refractivity contribution >= 4 is 34.4 Å². The van der Waals surface area contributed by atoms with E-state index in [4.69, 9.17) is 0 Å². The van der Waals surface area contributed by atoms with Crippen LogP contribution >= 0.6 is 0 Å². The SMILES string of the molecule is O=C(O)C(Cc1cn(-c2ccc([N+](=O)[O-])cc2[N+](=O)[O-])cn1)Nc1ccc([N+](=O)[O-])cc1[N+](=O)[O-]. The molecule has 180 valence electrons. The maximum Gasteiger partial charge on any atom is 0.326 e. The van der Waals surface area contributed by atoms with Crippen molar-refractivity contribution < 1.29 is 29.6 Å². The first-order valence-electron chi connectivity index (χ1n) is 9.36. The Balaban J connectivity index is 1.90. The molecule has 0 aliphatic carbocycles. The van der Waals surface area contributed by atoms with E-state index in [0.717, 1.165) is 36.7 Å². The number of hydrogen-bond acceptors (Lipinski definition) is 11. The van der Waals surface area contributed by atoms with Crippen LogP contribution in [0, 0.1) is 40.5 Å². The van der Waals surface area contributed by atoms with E-state index in [-0.39, 0.29) is 23.5 Å². The number of nitro benzene ring substituents is 4. The molecule has 0 radical (unpaired) electrons. The van der Waals surface area contributed by atoms with Crippen LogP contribution in [0.1, 0.15) is 5.69 Å². The van der Waals surface area contributed by atoms with E-state index in [1.54, 1.807) is 0 Å². The predicted molar refractivity (Wildman–Crippen MR) is 115 cm³/mol. The van der Waals surface area contributed by atoms with E-state index in [0.29, 0.717) is 6.07 Å². The van der Waals surface area contributed by atoms with E-state index in [2.05, 4.69) is 10.3 Å². The Kier molecular flexibility index (Phi) is 6.60. The lowest BCUT2D eigenvalue weighted by Gasteiger charge is -2.14. The van der Waals surface area contributed by atoms with Gasteiger partial charge in [0.15, 0.2) is 0 Å². The lowest BCUT2D eigenvalue weighted by Crippen LogP contribution is -2.32. The number of anilines is 1. The summed E-state index contributed by atoms with van der Waals surface area (Å²) in [5.41, 5.74) is -2.58. The first-order chi connectivity index (χ1) is 16.5. The fourth-order valence-corrected chi connectivity index (χ4v) is 3.09. The van der Waals surface area contributed by atoms with Crippen molar-refractivity contribution in [2.75, 3.05) is 5.32 Å². The highest BCUT2D eigenvalue weighted by Gasteiger charge is 2.26. The normalized spacial score (nSPS) is 11.4. The van der Waals surface area contributed by atoms with Gasteiger partial charge in [-0.3, -0.25) is 45.0 Å². The predicted octanol–water partition coefficient (Wildman–Crippen LogP) is 2.61. The Morgan fingerprint density at radius 2 is 1.49 bits per heavy atom. The largest absolute Gasteiger partial charge is 0.480 e. The molecule has 0 saturated carbocycles. The van der Waals surface area contributed by atoms with Gasteiger partial charge < -0.3 is 10.4 Å². The number of carbonyl (C=O) groups is 1. The molecule has 35 heavy (non-hydrogen) atoms. The number of aliphatic carboxylic acids is 1. The number of hydrogen-bond donors (Lipinski definition) is 2. The Morgan fingerprint density at radius 1 is 0.914 bits per heavy atom. The number of aromatic nitrogens is 2. The summed E-state index contributed by atoms with van der Waals surface area (Å²) in [6.45, 7) is 0. The minimum Gasteiger partial charge on any atom is -0.480 e. The maximum atomic E-state index is 11.8. The summed E-state index contributed by atoms with van der Waals surface area (Å²) in [6, 6.07) is 4.15. The van der Waals surface area contributed by atoms with Crippen LogP contribution in [0.4, 0.5) is 28.4 Å². The summed E-state index contributed by atoms with van der Waals surface area (Å²) < 4.78 is 1.17. The third kappa shape index (κ3) is 5.30. The zero-order valence-electron chi connectivity index (χ0n) is 17.2. The molecule has 2 aromatic carbocycles. The van der Waals surface area contributed by atoms with Crippen molar-refractivity contribution in [3.05, 3.63) is 95.1 Å². The Morgan fingerprint density at radius 3 is 2.03 bits per heavy atom. The van der Waals surface area contributed by atoms with E-state index in [9.17, 15) is 50.4 Å². The Labute approximate surface area is 192 Å². The zero-order valence-corrected chi connectivity index (χ0v) is 17.2. The number of carboxylic acid groups (broad SMARTS) is 1. The highest BCUT2D eigenvalue weighted by Crippen LogP contribution is 2.30. The van der Waals surface area contributed by atoms with Gasteiger partial charge in [0.1, 0.15) is 17.4 Å². The highest BCUT2D eigenvalue weighted by molar-refractivity contribution is 5.79. The molecule has 2 N–H and O–H groups in total. The van der Waals surface area contributed by atoms with E-state index >= 15 is 0 Å². The van der Waals surface area contributed by atoms with Crippen LogP contribution in [0.15, 0.2) is 48.9 Å². The summed E-state index contributed by atoms with van der Waals surface area (Å²) in [5, 5.41) is 56.5. The van der Waals surface area contributed by atoms with Gasteiger partial charge in [0.05, 0.1) is 43.8 Å². The van der Waals surface area contributed by atoms with Crippen LogP contribution in [0.3, 0.4) is 0 Å². The standard InChI is InChI=1S/C18H13N7O10/c26-18(27)14(20-13-3-1-11(22(28)29)6-16(13)24(32)33)5-10-8-21(9-19-10)15-4-2-12(23(30)31)7-17(15)25(34)35/h1-4,6-9,14,20H,5H2,(H,26,27). The average molecular weight is 487 g/mol. The minimum absolute atomic E-state index is 0.0646. The van der Waals surface area contributed by atoms with E-state index in [1.165, 1.54) is 10.8 Å². The quantitative estimate of drug-likeness (QED) is 0.310. The number of benzene rings is 2. The molecule has 1 heterocycles. The summed E-state index contributed by atoms with van der Waals surface area (Å²) in [4.78, 5) is 56.8. The van der Waals surface area contributed by atoms with Crippen LogP contribution in [0.25, 0.3) is 5.69 Å². The summed E-state index contributed by atoms with van der Waals surface area (Å²) >= 11 is 0. The van der Waals surface area contributed by atoms with Gasteiger partial charge in [-0.05, 0) is 12.1 Å². The number of rotatable bonds is 10. The molecule has 3 aromatic rings. The smallest absolute Gasteiger partial charge is 0.326 e. The van der Waals surface area contributed by atoms with Gasteiger partial charge in [0, 0.05) is 24.8 Å². The molecule has 0 saturated heterocycles. The first-order valence-corrected chi connectivity index (χ1v) is 9.36. The minimum atomic E-state index is -1.47. The van der Waals surface area contributed by atoms with E-state index < -0.39 is 54.5 Å². The van der Waals surface area contributed by atoms with Crippen molar-refractivity contribution in [1.82, 2.24) is 9.55 Å². The van der Waals surface area contributed by atoms with Gasteiger partial charge in [-0.25, -0.2) is 9.78 Å². The van der Waals surface area contributed by atoms with Crippen molar-refractivity contribution in [3.8, 4) is 5.69 Å². The molecule has 1 aromatic heterocycles. The van der Waals surface area contributed by atoms with Crippen molar-refractivity contribution in [1.29, 1.82) is 0 Å². The molecular formula is C18H13N7O10. The molecule has 1 unspecified atom stereocenters.